The normalized spacial score (nSPS) is 11.9. The number of hydrogen-bond donors (Lipinski definition) is 2. The third-order valence-corrected chi connectivity index (χ3v) is 14.0. The molecule has 6 nitrogen and oxygen atoms in total. The van der Waals surface area contributed by atoms with Gasteiger partial charge in [-0.2, -0.15) is 0 Å². The van der Waals surface area contributed by atoms with Crippen molar-refractivity contribution < 1.29 is 4.79 Å². The number of carbonyl (C=O) groups is 1. The van der Waals surface area contributed by atoms with Gasteiger partial charge in [-0.05, 0) is 144 Å². The summed E-state index contributed by atoms with van der Waals surface area (Å²) in [6.07, 6.45) is 25.9. The van der Waals surface area contributed by atoms with Crippen LogP contribution < -0.4 is 0 Å². The lowest BCUT2D eigenvalue weighted by Gasteiger charge is -2.09. The van der Waals surface area contributed by atoms with Gasteiger partial charge in [0.2, 0.25) is 0 Å². The maximum atomic E-state index is 14.0. The van der Waals surface area contributed by atoms with Crippen LogP contribution in [0, 0.1) is 0 Å². The number of hydrogen-bond acceptors (Lipinski definition) is 4. The number of H-pyrrole nitrogens is 2. The minimum Gasteiger partial charge on any atom is -0.354 e. The SMILES string of the molecule is CCCCCc1ccc(-c2c3nc(c(-c4ccc(CCCCC)cc4)c4ccc([nH]4)c(-c4cccc(C(=O)c5cccnc5)c4)c4nc(c(-c5ccc(CCCCC)cc5)c5ccc2[nH]5)C=C4)C=C3)cc1. The molecule has 2 aliphatic rings. The molecule has 0 spiro atoms. The highest BCUT2D eigenvalue weighted by molar-refractivity contribution is 6.10. The van der Waals surface area contributed by atoms with Gasteiger partial charge in [0.15, 0.2) is 5.78 Å². The first-order chi connectivity index (χ1) is 35.0. The van der Waals surface area contributed by atoms with E-state index in [2.05, 4.69) is 163 Å². The lowest BCUT2D eigenvalue weighted by atomic mass is 9.98. The van der Waals surface area contributed by atoms with E-state index in [9.17, 15) is 4.79 Å². The molecular weight excluding hydrogens is 867 g/mol. The molecule has 0 unspecified atom stereocenters. The molecule has 2 N–H and O–H groups in total. The summed E-state index contributed by atoms with van der Waals surface area (Å²) in [5, 5.41) is 0. The van der Waals surface area contributed by atoms with Gasteiger partial charge in [-0.3, -0.25) is 9.78 Å². The number of ketones is 1. The Balaban J connectivity index is 1.25. The summed E-state index contributed by atoms with van der Waals surface area (Å²) in [5.74, 6) is -0.0840. The highest BCUT2D eigenvalue weighted by Gasteiger charge is 2.20. The predicted octanol–water partition coefficient (Wildman–Crippen LogP) is 17.1. The summed E-state index contributed by atoms with van der Waals surface area (Å²) in [6.45, 7) is 6.76. The van der Waals surface area contributed by atoms with Crippen molar-refractivity contribution in [2.75, 3.05) is 0 Å². The quantitative estimate of drug-likeness (QED) is 0.0663. The fourth-order valence-corrected chi connectivity index (χ4v) is 10.2. The number of fused-ring (bicyclic) bond motifs is 8. The second-order valence-electron chi connectivity index (χ2n) is 19.1. The number of aromatic nitrogens is 5. The van der Waals surface area contributed by atoms with Gasteiger partial charge in [-0.15, -0.1) is 0 Å². The van der Waals surface area contributed by atoms with Crippen LogP contribution in [0.15, 0.2) is 146 Å². The van der Waals surface area contributed by atoms with Gasteiger partial charge in [-0.25, -0.2) is 9.97 Å². The second kappa shape index (κ2) is 21.9. The number of rotatable bonds is 18. The van der Waals surface area contributed by atoms with Crippen LogP contribution in [0.5, 0.6) is 0 Å². The number of nitrogens with zero attached hydrogens (tertiary/aromatic N) is 3. The van der Waals surface area contributed by atoms with Gasteiger partial charge in [-0.1, -0.05) is 150 Å². The number of aromatic amines is 2. The summed E-state index contributed by atoms with van der Waals surface area (Å²) < 4.78 is 0. The number of nitrogens with one attached hydrogen (secondary N) is 2. The number of pyridine rings is 1. The van der Waals surface area contributed by atoms with E-state index < -0.39 is 0 Å². The summed E-state index contributed by atoms with van der Waals surface area (Å²) in [7, 11) is 0. The van der Waals surface area contributed by atoms with Gasteiger partial charge < -0.3 is 9.97 Å². The summed E-state index contributed by atoms with van der Waals surface area (Å²) in [4.78, 5) is 37.2. The van der Waals surface area contributed by atoms with Crippen LogP contribution in [0.3, 0.4) is 0 Å². The molecule has 8 aromatic rings. The van der Waals surface area contributed by atoms with Crippen molar-refractivity contribution in [2.45, 2.75) is 97.8 Å². The zero-order chi connectivity index (χ0) is 48.5. The Morgan fingerprint density at radius 2 is 0.789 bits per heavy atom. The maximum Gasteiger partial charge on any atom is 0.194 e. The Morgan fingerprint density at radius 3 is 1.15 bits per heavy atom. The zero-order valence-corrected chi connectivity index (χ0v) is 41.4. The van der Waals surface area contributed by atoms with Crippen LogP contribution in [-0.2, 0) is 19.3 Å². The van der Waals surface area contributed by atoms with Crippen molar-refractivity contribution in [3.63, 3.8) is 0 Å². The second-order valence-corrected chi connectivity index (χ2v) is 19.1. The van der Waals surface area contributed by atoms with Gasteiger partial charge in [0.25, 0.3) is 0 Å². The summed E-state index contributed by atoms with van der Waals surface area (Å²) in [5.41, 5.74) is 20.5. The van der Waals surface area contributed by atoms with Gasteiger partial charge in [0.05, 0.1) is 22.8 Å². The van der Waals surface area contributed by atoms with Crippen LogP contribution in [0.4, 0.5) is 0 Å². The van der Waals surface area contributed by atoms with E-state index in [1.165, 1.54) is 74.5 Å². The monoisotopic (exact) mass is 930 g/mol. The van der Waals surface area contributed by atoms with Crippen molar-refractivity contribution in [1.82, 2.24) is 24.9 Å². The lowest BCUT2D eigenvalue weighted by Crippen LogP contribution is -2.01. The standard InChI is InChI=1S/C65H63N5O/c1-4-7-10-15-44-21-27-47(28-22-44)61-53-33-35-55(67-53)62(48-29-23-45(24-30-48)16-11-8-5-2)57-37-39-59(69-57)64(50-18-13-19-51(42-50)65(71)52-20-14-41-66-43-52)60-40-38-58(70-60)63(56-36-34-54(61)68-56)49-31-25-46(26-32-49)17-12-9-6-3/h13-14,18-43,67,70H,4-12,15-17H2,1-3H3. The lowest BCUT2D eigenvalue weighted by molar-refractivity contribution is 0.103. The van der Waals surface area contributed by atoms with Gasteiger partial charge >= 0.3 is 0 Å². The Morgan fingerprint density at radius 1 is 0.408 bits per heavy atom. The average Bonchev–Trinajstić information content (AvgIpc) is 4.27. The Labute approximate surface area is 418 Å². The molecule has 354 valence electrons. The molecule has 71 heavy (non-hydrogen) atoms. The van der Waals surface area contributed by atoms with Crippen LogP contribution in [-0.4, -0.2) is 30.7 Å². The van der Waals surface area contributed by atoms with E-state index in [1.807, 2.05) is 24.3 Å². The molecular formula is C65H63N5O. The topological polar surface area (TPSA) is 87.3 Å². The highest BCUT2D eigenvalue weighted by Crippen LogP contribution is 2.39. The minimum absolute atomic E-state index is 0.0840. The number of carbonyl (C=O) groups excluding carboxylic acids is 1. The fraction of sp³-hybridized carbons (Fsp3) is 0.231. The molecule has 6 heteroatoms. The zero-order valence-electron chi connectivity index (χ0n) is 41.4. The molecule has 0 aliphatic carbocycles. The molecule has 2 aliphatic heterocycles. The first-order valence-electron chi connectivity index (χ1n) is 26.0. The first kappa shape index (κ1) is 47.0. The Kier molecular flexibility index (Phi) is 14.5. The molecule has 4 aromatic carbocycles. The van der Waals surface area contributed by atoms with Crippen LogP contribution in [0.2, 0.25) is 0 Å². The highest BCUT2D eigenvalue weighted by atomic mass is 16.1. The molecule has 4 aromatic heterocycles. The third-order valence-electron chi connectivity index (χ3n) is 14.0. The maximum absolute atomic E-state index is 14.0. The largest absolute Gasteiger partial charge is 0.354 e. The van der Waals surface area contributed by atoms with Crippen molar-refractivity contribution in [3.05, 3.63) is 196 Å². The van der Waals surface area contributed by atoms with E-state index >= 15 is 0 Å². The molecule has 0 amide bonds. The number of benzene rings is 4. The van der Waals surface area contributed by atoms with Crippen LogP contribution >= 0.6 is 0 Å². The van der Waals surface area contributed by atoms with Crippen molar-refractivity contribution in [3.8, 4) is 44.5 Å². The van der Waals surface area contributed by atoms with Gasteiger partial charge in [0, 0.05) is 67.8 Å². The molecule has 8 bridgehead atoms. The summed E-state index contributed by atoms with van der Waals surface area (Å²) >= 11 is 0. The van der Waals surface area contributed by atoms with E-state index in [0.717, 1.165) is 109 Å². The minimum atomic E-state index is -0.0840. The third kappa shape index (κ3) is 10.4. The first-order valence-corrected chi connectivity index (χ1v) is 26.0. The number of unbranched alkanes of at least 4 members (excludes halogenated alkanes) is 6. The van der Waals surface area contributed by atoms with Gasteiger partial charge in [0.1, 0.15) is 0 Å². The van der Waals surface area contributed by atoms with E-state index in [1.54, 1.807) is 18.5 Å². The molecule has 0 saturated heterocycles. The molecule has 6 heterocycles. The molecule has 0 radical (unpaired) electrons. The van der Waals surface area contributed by atoms with E-state index in [4.69, 9.17) is 9.97 Å². The van der Waals surface area contributed by atoms with E-state index in [-0.39, 0.29) is 5.78 Å². The Hall–Kier alpha value is -7.70. The molecule has 0 fully saturated rings. The fourth-order valence-electron chi connectivity index (χ4n) is 10.2. The predicted molar refractivity (Wildman–Crippen MR) is 298 cm³/mol. The molecule has 10 rings (SSSR count). The van der Waals surface area contributed by atoms with Crippen molar-refractivity contribution >= 4 is 52.2 Å². The van der Waals surface area contributed by atoms with Crippen LogP contribution in [0.1, 0.15) is 134 Å². The van der Waals surface area contributed by atoms with Crippen molar-refractivity contribution in [2.24, 2.45) is 0 Å². The van der Waals surface area contributed by atoms with E-state index in [0.29, 0.717) is 11.1 Å². The molecule has 0 saturated carbocycles. The smallest absolute Gasteiger partial charge is 0.194 e. The average molecular weight is 930 g/mol. The van der Waals surface area contributed by atoms with Crippen LogP contribution in [0.25, 0.3) is 90.9 Å². The van der Waals surface area contributed by atoms with Crippen molar-refractivity contribution in [1.29, 1.82) is 0 Å². The molecule has 0 atom stereocenters. The number of aryl methyl sites for hydroxylation is 3. The Bertz CT molecular complexity index is 3340. The summed E-state index contributed by atoms with van der Waals surface area (Å²) in [6, 6.07) is 47.5.